The van der Waals surface area contributed by atoms with Crippen molar-refractivity contribution in [3.63, 3.8) is 0 Å². The first-order valence-corrected chi connectivity index (χ1v) is 9.12. The number of ketones is 1. The highest BCUT2D eigenvalue weighted by atomic mass is 79.9. The summed E-state index contributed by atoms with van der Waals surface area (Å²) in [4.78, 5) is 47.5. The summed E-state index contributed by atoms with van der Waals surface area (Å²) in [5.74, 6) is -1.74. The van der Waals surface area contributed by atoms with E-state index in [0.717, 1.165) is 4.47 Å². The van der Waals surface area contributed by atoms with Gasteiger partial charge in [0, 0.05) is 35.3 Å². The van der Waals surface area contributed by atoms with E-state index in [0.29, 0.717) is 22.5 Å². The molecular formula is C20H19BrN2O5. The van der Waals surface area contributed by atoms with Gasteiger partial charge < -0.3 is 15.4 Å². The minimum Gasteiger partial charge on any atom is -0.454 e. The predicted octanol–water partition coefficient (Wildman–Crippen LogP) is 3.71. The zero-order valence-electron chi connectivity index (χ0n) is 15.6. The Balaban J connectivity index is 2.22. The Kier molecular flexibility index (Phi) is 7.06. The summed E-state index contributed by atoms with van der Waals surface area (Å²) in [7, 11) is 0. The number of amides is 2. The number of halogens is 1. The Labute approximate surface area is 170 Å². The van der Waals surface area contributed by atoms with Crippen LogP contribution in [-0.4, -0.2) is 30.2 Å². The van der Waals surface area contributed by atoms with Gasteiger partial charge in [0.05, 0.1) is 5.56 Å². The Bertz CT molecular complexity index is 938. The molecule has 2 N–H and O–H groups in total. The highest BCUT2D eigenvalue weighted by Crippen LogP contribution is 2.26. The Morgan fingerprint density at radius 1 is 0.964 bits per heavy atom. The second kappa shape index (κ2) is 9.27. The monoisotopic (exact) mass is 446 g/mol. The molecule has 0 aromatic heterocycles. The molecule has 146 valence electrons. The second-order valence-corrected chi connectivity index (χ2v) is 6.98. The first-order valence-electron chi connectivity index (χ1n) is 8.33. The average Bonchev–Trinajstić information content (AvgIpc) is 2.61. The minimum atomic E-state index is -0.734. The summed E-state index contributed by atoms with van der Waals surface area (Å²) in [5.41, 5.74) is 1.71. The molecule has 0 saturated carbocycles. The summed E-state index contributed by atoms with van der Waals surface area (Å²) in [5, 5.41) is 5.18. The first-order chi connectivity index (χ1) is 13.2. The molecule has 2 aromatic rings. The van der Waals surface area contributed by atoms with Crippen molar-refractivity contribution in [1.29, 1.82) is 0 Å². The van der Waals surface area contributed by atoms with Gasteiger partial charge in [-0.1, -0.05) is 28.1 Å². The fourth-order valence-corrected chi connectivity index (χ4v) is 2.71. The average molecular weight is 447 g/mol. The molecule has 0 unspecified atom stereocenters. The van der Waals surface area contributed by atoms with E-state index in [2.05, 4.69) is 26.6 Å². The Morgan fingerprint density at radius 3 is 2.14 bits per heavy atom. The van der Waals surface area contributed by atoms with E-state index < -0.39 is 12.6 Å². The lowest BCUT2D eigenvalue weighted by molar-refractivity contribution is -0.115. The third kappa shape index (κ3) is 5.75. The summed E-state index contributed by atoms with van der Waals surface area (Å²) in [6.07, 6.45) is 0. The van der Waals surface area contributed by atoms with Gasteiger partial charge in [0.25, 0.3) is 0 Å². The Hall–Kier alpha value is -3.00. The molecule has 0 radical (unpaired) electrons. The van der Waals surface area contributed by atoms with Crippen LogP contribution in [-0.2, 0) is 14.3 Å². The third-order valence-electron chi connectivity index (χ3n) is 3.76. The molecular weight excluding hydrogens is 428 g/mol. The molecule has 2 rings (SSSR count). The van der Waals surface area contributed by atoms with Crippen molar-refractivity contribution in [2.75, 3.05) is 17.2 Å². The highest BCUT2D eigenvalue weighted by Gasteiger charge is 2.18. The molecule has 7 nitrogen and oxygen atoms in total. The van der Waals surface area contributed by atoms with Gasteiger partial charge in [-0.3, -0.25) is 14.4 Å². The van der Waals surface area contributed by atoms with Crippen LogP contribution in [0.5, 0.6) is 0 Å². The van der Waals surface area contributed by atoms with Crippen molar-refractivity contribution in [3.8, 4) is 0 Å². The SMILES string of the molecule is CC(=O)Nc1cc(NC(C)=O)c(C)c(C(=O)OCC(=O)c2ccc(Br)cc2)c1. The minimum absolute atomic E-state index is 0.138. The zero-order valence-corrected chi connectivity index (χ0v) is 17.2. The molecule has 0 bridgehead atoms. The molecule has 0 saturated heterocycles. The smallest absolute Gasteiger partial charge is 0.339 e. The number of benzene rings is 2. The predicted molar refractivity (Wildman–Crippen MR) is 109 cm³/mol. The van der Waals surface area contributed by atoms with Crippen LogP contribution in [0, 0.1) is 6.92 Å². The van der Waals surface area contributed by atoms with Gasteiger partial charge in [-0.25, -0.2) is 4.79 Å². The number of nitrogens with one attached hydrogen (secondary N) is 2. The van der Waals surface area contributed by atoms with E-state index in [9.17, 15) is 19.2 Å². The highest BCUT2D eigenvalue weighted by molar-refractivity contribution is 9.10. The van der Waals surface area contributed by atoms with Gasteiger partial charge in [-0.05, 0) is 36.8 Å². The summed E-state index contributed by atoms with van der Waals surface area (Å²) in [6, 6.07) is 9.66. The van der Waals surface area contributed by atoms with Gasteiger partial charge >= 0.3 is 5.97 Å². The quantitative estimate of drug-likeness (QED) is 0.519. The summed E-state index contributed by atoms with van der Waals surface area (Å²) >= 11 is 3.29. The number of Topliss-reactive ketones (excluding diaryl/α,β-unsaturated/α-hetero) is 1. The number of hydrogen-bond acceptors (Lipinski definition) is 5. The summed E-state index contributed by atoms with van der Waals surface area (Å²) < 4.78 is 5.98. The molecule has 2 amide bonds. The molecule has 8 heteroatoms. The van der Waals surface area contributed by atoms with Crippen LogP contribution in [0.4, 0.5) is 11.4 Å². The number of carbonyl (C=O) groups excluding carboxylic acids is 4. The third-order valence-corrected chi connectivity index (χ3v) is 4.29. The normalized spacial score (nSPS) is 10.1. The van der Waals surface area contributed by atoms with E-state index in [1.807, 2.05) is 0 Å². The maximum Gasteiger partial charge on any atom is 0.339 e. The molecule has 0 atom stereocenters. The van der Waals surface area contributed by atoms with Gasteiger partial charge in [-0.2, -0.15) is 0 Å². The largest absolute Gasteiger partial charge is 0.454 e. The van der Waals surface area contributed by atoms with Crippen molar-refractivity contribution < 1.29 is 23.9 Å². The van der Waals surface area contributed by atoms with E-state index in [4.69, 9.17) is 4.74 Å². The number of hydrogen-bond donors (Lipinski definition) is 2. The van der Waals surface area contributed by atoms with Gasteiger partial charge in [-0.15, -0.1) is 0 Å². The standard InChI is InChI=1S/C20H19BrN2O5/c1-11-17(8-16(22-12(2)24)9-18(11)23-13(3)25)20(27)28-10-19(26)14-4-6-15(21)7-5-14/h4-9H,10H2,1-3H3,(H,22,24)(H,23,25). The lowest BCUT2D eigenvalue weighted by Gasteiger charge is -2.14. The first kappa shape index (κ1) is 21.3. The number of ether oxygens (including phenoxy) is 1. The number of carbonyl (C=O) groups is 4. The number of anilines is 2. The van der Waals surface area contributed by atoms with Crippen LogP contribution in [0.15, 0.2) is 40.9 Å². The molecule has 0 aliphatic carbocycles. The van der Waals surface area contributed by atoms with Crippen LogP contribution >= 0.6 is 15.9 Å². The second-order valence-electron chi connectivity index (χ2n) is 6.06. The van der Waals surface area contributed by atoms with E-state index in [-0.39, 0.29) is 23.2 Å². The lowest BCUT2D eigenvalue weighted by atomic mass is 10.0. The fourth-order valence-electron chi connectivity index (χ4n) is 2.45. The lowest BCUT2D eigenvalue weighted by Crippen LogP contribution is -2.17. The maximum absolute atomic E-state index is 12.5. The van der Waals surface area contributed by atoms with Crippen LogP contribution in [0.2, 0.25) is 0 Å². The van der Waals surface area contributed by atoms with Crippen LogP contribution < -0.4 is 10.6 Å². The van der Waals surface area contributed by atoms with Crippen molar-refractivity contribution in [2.24, 2.45) is 0 Å². The maximum atomic E-state index is 12.5. The van der Waals surface area contributed by atoms with Crippen LogP contribution in [0.25, 0.3) is 0 Å². The molecule has 0 fully saturated rings. The Morgan fingerprint density at radius 2 is 1.57 bits per heavy atom. The number of esters is 1. The molecule has 28 heavy (non-hydrogen) atoms. The van der Waals surface area contributed by atoms with Crippen molar-refractivity contribution in [2.45, 2.75) is 20.8 Å². The molecule has 0 aliphatic heterocycles. The topological polar surface area (TPSA) is 102 Å². The van der Waals surface area contributed by atoms with Gasteiger partial charge in [0.2, 0.25) is 11.8 Å². The molecule has 0 heterocycles. The number of rotatable bonds is 6. The zero-order chi connectivity index (χ0) is 20.8. The molecule has 0 spiro atoms. The van der Waals surface area contributed by atoms with Crippen molar-refractivity contribution in [1.82, 2.24) is 0 Å². The van der Waals surface area contributed by atoms with E-state index in [1.165, 1.54) is 19.9 Å². The van der Waals surface area contributed by atoms with Crippen molar-refractivity contribution in [3.05, 3.63) is 57.6 Å². The van der Waals surface area contributed by atoms with Crippen molar-refractivity contribution >= 4 is 50.9 Å². The van der Waals surface area contributed by atoms with E-state index in [1.54, 1.807) is 37.3 Å². The molecule has 2 aromatic carbocycles. The van der Waals surface area contributed by atoms with Gasteiger partial charge in [0.1, 0.15) is 0 Å². The van der Waals surface area contributed by atoms with Crippen LogP contribution in [0.3, 0.4) is 0 Å². The van der Waals surface area contributed by atoms with Gasteiger partial charge in [0.15, 0.2) is 12.4 Å². The van der Waals surface area contributed by atoms with E-state index >= 15 is 0 Å². The molecule has 0 aliphatic rings. The summed E-state index contributed by atoms with van der Waals surface area (Å²) in [6.45, 7) is 3.86. The fraction of sp³-hybridized carbons (Fsp3) is 0.200. The van der Waals surface area contributed by atoms with Crippen LogP contribution in [0.1, 0.15) is 40.1 Å².